The van der Waals surface area contributed by atoms with Crippen LogP contribution in [0.3, 0.4) is 0 Å². The number of nitrogens with zero attached hydrogens (tertiary/aromatic N) is 7. The van der Waals surface area contributed by atoms with Crippen molar-refractivity contribution in [3.05, 3.63) is 18.6 Å². The van der Waals surface area contributed by atoms with E-state index in [-0.39, 0.29) is 0 Å². The standard InChI is InChI=1S/C9H6N10/c1-4-8(14-7(10-1)5-2-11-18-16-5)15-9(13-4)6-3-12-19-17-6/h1-3H,(H,11,16,18)(H,12,17,19)(H,10,13,14,15). The summed E-state index contributed by atoms with van der Waals surface area (Å²) in [6, 6.07) is 0. The highest BCUT2D eigenvalue weighted by Gasteiger charge is 2.11. The van der Waals surface area contributed by atoms with E-state index in [0.29, 0.717) is 34.2 Å². The first kappa shape index (κ1) is 9.82. The Morgan fingerprint density at radius 2 is 1.63 bits per heavy atom. The van der Waals surface area contributed by atoms with Crippen molar-refractivity contribution in [3.8, 4) is 23.0 Å². The summed E-state index contributed by atoms with van der Waals surface area (Å²) in [5.74, 6) is 1.04. The van der Waals surface area contributed by atoms with Crippen LogP contribution in [0.5, 0.6) is 0 Å². The van der Waals surface area contributed by atoms with E-state index in [2.05, 4.69) is 50.8 Å². The van der Waals surface area contributed by atoms with Crippen LogP contribution in [-0.2, 0) is 0 Å². The molecule has 0 saturated carbocycles. The van der Waals surface area contributed by atoms with E-state index in [1.54, 1.807) is 18.6 Å². The third kappa shape index (κ3) is 1.54. The van der Waals surface area contributed by atoms with Gasteiger partial charge in [0.25, 0.3) is 0 Å². The van der Waals surface area contributed by atoms with E-state index >= 15 is 0 Å². The number of aromatic amines is 3. The van der Waals surface area contributed by atoms with Crippen molar-refractivity contribution in [3.63, 3.8) is 0 Å². The molecule has 0 fully saturated rings. The lowest BCUT2D eigenvalue weighted by atomic mass is 10.4. The summed E-state index contributed by atoms with van der Waals surface area (Å²) in [5.41, 5.74) is 2.42. The number of imidazole rings is 1. The van der Waals surface area contributed by atoms with Crippen molar-refractivity contribution in [1.82, 2.24) is 50.8 Å². The van der Waals surface area contributed by atoms with Crippen LogP contribution in [0.1, 0.15) is 0 Å². The minimum Gasteiger partial charge on any atom is -0.334 e. The summed E-state index contributed by atoms with van der Waals surface area (Å²) >= 11 is 0. The summed E-state index contributed by atoms with van der Waals surface area (Å²) < 4.78 is 0. The molecule has 4 aromatic rings. The molecule has 0 aromatic carbocycles. The van der Waals surface area contributed by atoms with E-state index in [1.165, 1.54) is 0 Å². The fraction of sp³-hybridized carbons (Fsp3) is 0. The zero-order valence-electron chi connectivity index (χ0n) is 9.36. The molecule has 10 nitrogen and oxygen atoms in total. The lowest BCUT2D eigenvalue weighted by Crippen LogP contribution is -1.89. The molecule has 4 heterocycles. The van der Waals surface area contributed by atoms with Crippen LogP contribution < -0.4 is 0 Å². The monoisotopic (exact) mass is 254 g/mol. The molecule has 0 aliphatic carbocycles. The van der Waals surface area contributed by atoms with Gasteiger partial charge in [0.05, 0.1) is 18.6 Å². The zero-order valence-corrected chi connectivity index (χ0v) is 9.36. The third-order valence-corrected chi connectivity index (χ3v) is 2.54. The lowest BCUT2D eigenvalue weighted by Gasteiger charge is -1.92. The molecule has 4 rings (SSSR count). The molecule has 0 bridgehead atoms. The predicted molar refractivity (Wildman–Crippen MR) is 62.4 cm³/mol. The Morgan fingerprint density at radius 1 is 0.842 bits per heavy atom. The number of nitrogens with one attached hydrogen (secondary N) is 3. The van der Waals surface area contributed by atoms with Crippen molar-refractivity contribution in [2.24, 2.45) is 0 Å². The molecule has 0 spiro atoms. The summed E-state index contributed by atoms with van der Waals surface area (Å²) in [6.45, 7) is 0. The van der Waals surface area contributed by atoms with Crippen molar-refractivity contribution in [2.45, 2.75) is 0 Å². The van der Waals surface area contributed by atoms with Crippen molar-refractivity contribution in [1.29, 1.82) is 0 Å². The van der Waals surface area contributed by atoms with Gasteiger partial charge in [0.2, 0.25) is 0 Å². The number of H-pyrrole nitrogens is 3. The molecular weight excluding hydrogens is 248 g/mol. The van der Waals surface area contributed by atoms with Crippen LogP contribution in [0.4, 0.5) is 0 Å². The second-order valence-electron chi connectivity index (χ2n) is 3.73. The van der Waals surface area contributed by atoms with Crippen molar-refractivity contribution >= 4 is 11.2 Å². The van der Waals surface area contributed by atoms with Gasteiger partial charge in [-0.25, -0.2) is 15.0 Å². The van der Waals surface area contributed by atoms with Crippen molar-refractivity contribution in [2.75, 3.05) is 0 Å². The maximum absolute atomic E-state index is 4.34. The molecule has 4 aromatic heterocycles. The van der Waals surface area contributed by atoms with Gasteiger partial charge in [0.1, 0.15) is 16.9 Å². The van der Waals surface area contributed by atoms with Crippen molar-refractivity contribution < 1.29 is 0 Å². The minimum absolute atomic E-state index is 0.458. The normalized spacial score (nSPS) is 11.2. The molecule has 10 heteroatoms. The molecule has 0 unspecified atom stereocenters. The summed E-state index contributed by atoms with van der Waals surface area (Å²) in [7, 11) is 0. The van der Waals surface area contributed by atoms with Gasteiger partial charge >= 0.3 is 0 Å². The van der Waals surface area contributed by atoms with Gasteiger partial charge < -0.3 is 4.98 Å². The molecule has 0 amide bonds. The highest BCUT2D eigenvalue weighted by Crippen LogP contribution is 2.18. The van der Waals surface area contributed by atoms with Gasteiger partial charge in [-0.2, -0.15) is 30.8 Å². The van der Waals surface area contributed by atoms with Gasteiger partial charge in [-0.3, -0.25) is 0 Å². The third-order valence-electron chi connectivity index (χ3n) is 2.54. The number of hydrogen-bond donors (Lipinski definition) is 3. The first-order valence-corrected chi connectivity index (χ1v) is 5.35. The average molecular weight is 254 g/mol. The maximum atomic E-state index is 4.34. The zero-order chi connectivity index (χ0) is 12.7. The number of hydrogen-bond acceptors (Lipinski definition) is 7. The second kappa shape index (κ2) is 3.66. The average Bonchev–Trinajstić information content (AvgIpc) is 3.18. The Kier molecular flexibility index (Phi) is 1.89. The fourth-order valence-corrected chi connectivity index (χ4v) is 1.68. The Bertz CT molecular complexity index is 780. The SMILES string of the molecule is c1n[nH]nc1-c1ncc2[nH]c(-c3cn[nH]n3)nc2n1. The van der Waals surface area contributed by atoms with Crippen LogP contribution in [0.2, 0.25) is 0 Å². The molecule has 0 aliphatic heterocycles. The van der Waals surface area contributed by atoms with Crippen LogP contribution in [-0.4, -0.2) is 50.8 Å². The molecule has 3 N–H and O–H groups in total. The van der Waals surface area contributed by atoms with Gasteiger partial charge in [-0.1, -0.05) is 0 Å². The second-order valence-corrected chi connectivity index (χ2v) is 3.73. The lowest BCUT2D eigenvalue weighted by molar-refractivity contribution is 0.938. The van der Waals surface area contributed by atoms with Gasteiger partial charge in [-0.15, -0.1) is 0 Å². The Balaban J connectivity index is 1.86. The van der Waals surface area contributed by atoms with Gasteiger partial charge in [-0.05, 0) is 0 Å². The fourth-order valence-electron chi connectivity index (χ4n) is 1.68. The predicted octanol–water partition coefficient (Wildman–Crippen LogP) is -0.0769. The first-order chi connectivity index (χ1) is 9.40. The van der Waals surface area contributed by atoms with E-state index in [0.717, 1.165) is 0 Å². The Hall–Kier alpha value is -3.17. The summed E-state index contributed by atoms with van der Waals surface area (Å²) in [4.78, 5) is 15.9. The van der Waals surface area contributed by atoms with Crippen LogP contribution in [0, 0.1) is 0 Å². The smallest absolute Gasteiger partial charge is 0.183 e. The molecule has 0 radical (unpaired) electrons. The van der Waals surface area contributed by atoms with E-state index in [4.69, 9.17) is 0 Å². The largest absolute Gasteiger partial charge is 0.334 e. The molecular formula is C9H6N10. The molecule has 19 heavy (non-hydrogen) atoms. The maximum Gasteiger partial charge on any atom is 0.183 e. The number of fused-ring (bicyclic) bond motifs is 1. The summed E-state index contributed by atoms with van der Waals surface area (Å²) in [5, 5.41) is 20.4. The highest BCUT2D eigenvalue weighted by atomic mass is 15.3. The topological polar surface area (TPSA) is 138 Å². The van der Waals surface area contributed by atoms with E-state index < -0.39 is 0 Å². The minimum atomic E-state index is 0.458. The van der Waals surface area contributed by atoms with E-state index in [9.17, 15) is 0 Å². The molecule has 0 atom stereocenters. The highest BCUT2D eigenvalue weighted by molar-refractivity contribution is 5.75. The van der Waals surface area contributed by atoms with Crippen LogP contribution in [0.25, 0.3) is 34.2 Å². The van der Waals surface area contributed by atoms with Crippen LogP contribution >= 0.6 is 0 Å². The Labute approximate surface area is 104 Å². The molecule has 0 saturated heterocycles. The molecule has 92 valence electrons. The number of aromatic nitrogens is 10. The van der Waals surface area contributed by atoms with E-state index in [1.807, 2.05) is 0 Å². The molecule has 0 aliphatic rings. The first-order valence-electron chi connectivity index (χ1n) is 5.35. The van der Waals surface area contributed by atoms with Crippen LogP contribution in [0.15, 0.2) is 18.6 Å². The van der Waals surface area contributed by atoms with Gasteiger partial charge in [0.15, 0.2) is 17.3 Å². The Morgan fingerprint density at radius 3 is 2.37 bits per heavy atom. The van der Waals surface area contributed by atoms with Gasteiger partial charge in [0, 0.05) is 0 Å². The summed E-state index contributed by atoms with van der Waals surface area (Å²) in [6.07, 6.45) is 4.76. The number of rotatable bonds is 2. The quantitative estimate of drug-likeness (QED) is 0.455.